The number of carboxylic acids is 1. The highest BCUT2D eigenvalue weighted by Crippen LogP contribution is 2.35. The van der Waals surface area contributed by atoms with Crippen LogP contribution in [0.25, 0.3) is 0 Å². The van der Waals surface area contributed by atoms with Crippen molar-refractivity contribution in [3.05, 3.63) is 0 Å². The average molecular weight is 700 g/mol. The van der Waals surface area contributed by atoms with Crippen molar-refractivity contribution in [2.45, 2.75) is 139 Å². The van der Waals surface area contributed by atoms with Crippen molar-refractivity contribution < 1.29 is 48.8 Å². The number of β-amino-alcohol motifs (C(OH)–C–C–N with tert-alkyl or cyclic N) is 2. The second-order valence-corrected chi connectivity index (χ2v) is 15.2. The van der Waals surface area contributed by atoms with Gasteiger partial charge in [-0.1, -0.05) is 63.3 Å². The van der Waals surface area contributed by atoms with Crippen molar-refractivity contribution in [1.82, 2.24) is 14.7 Å². The molecule has 13 heteroatoms. The van der Waals surface area contributed by atoms with Crippen LogP contribution in [-0.4, -0.2) is 123 Å². The molecule has 3 aliphatic heterocycles. The van der Waals surface area contributed by atoms with Crippen molar-refractivity contribution >= 4 is 35.4 Å². The smallest absolute Gasteiger partial charge is 0.328 e. The fourth-order valence-electron chi connectivity index (χ4n) is 6.56. The summed E-state index contributed by atoms with van der Waals surface area (Å²) >= 11 is 0. The van der Waals surface area contributed by atoms with Crippen molar-refractivity contribution in [2.24, 2.45) is 22.7 Å². The van der Waals surface area contributed by atoms with Crippen LogP contribution < -0.4 is 0 Å². The van der Waals surface area contributed by atoms with E-state index < -0.39 is 64.8 Å². The number of carboxylic acid groups (broad SMARTS) is 1. The molecule has 0 spiro atoms. The first-order valence-electron chi connectivity index (χ1n) is 16.8. The van der Waals surface area contributed by atoms with Gasteiger partial charge in [-0.25, -0.2) is 4.79 Å². The molecular formula is C36H65N3O10. The van der Waals surface area contributed by atoms with Crippen LogP contribution in [0, 0.1) is 22.7 Å². The number of piperidine rings is 1. The number of aliphatic carboxylic acids is 1. The Morgan fingerprint density at radius 2 is 1.16 bits per heavy atom. The zero-order valence-electron chi connectivity index (χ0n) is 29.5. The van der Waals surface area contributed by atoms with Gasteiger partial charge in [0, 0.05) is 51.9 Å². The quantitative estimate of drug-likeness (QED) is 0.301. The summed E-state index contributed by atoms with van der Waals surface area (Å²) in [5.74, 6) is -3.54. The topological polar surface area (TPSA) is 182 Å². The van der Waals surface area contributed by atoms with E-state index in [0.29, 0.717) is 12.8 Å². The predicted octanol–water partition coefficient (Wildman–Crippen LogP) is 3.52. The van der Waals surface area contributed by atoms with E-state index in [1.165, 1.54) is 16.9 Å². The highest BCUT2D eigenvalue weighted by atomic mass is 16.5. The van der Waals surface area contributed by atoms with Crippen LogP contribution in [-0.2, 0) is 33.5 Å². The third-order valence-corrected chi connectivity index (χ3v) is 9.47. The van der Waals surface area contributed by atoms with E-state index in [9.17, 15) is 39.0 Å². The van der Waals surface area contributed by atoms with Gasteiger partial charge in [0.2, 0.25) is 17.7 Å². The number of Topliss-reactive ketones (excluding diaryl/α,β-unsaturated/α-hetero) is 1. The van der Waals surface area contributed by atoms with Gasteiger partial charge in [0.15, 0.2) is 5.78 Å². The molecule has 0 bridgehead atoms. The number of hydrogen-bond acceptors (Lipinski definition) is 9. The van der Waals surface area contributed by atoms with E-state index in [0.717, 1.165) is 32.4 Å². The Labute approximate surface area is 293 Å². The second kappa shape index (κ2) is 19.4. The van der Waals surface area contributed by atoms with Crippen molar-refractivity contribution in [3.63, 3.8) is 0 Å². The van der Waals surface area contributed by atoms with E-state index in [1.54, 1.807) is 27.7 Å². The fraction of sp³-hybridized carbons (Fsp3) is 0.833. The number of carbonyl (C=O) groups excluding carboxylic acids is 5. The summed E-state index contributed by atoms with van der Waals surface area (Å²) in [6.45, 7) is 14.7. The summed E-state index contributed by atoms with van der Waals surface area (Å²) in [6, 6.07) is -1.41. The molecule has 0 unspecified atom stereocenters. The molecule has 0 aromatic heterocycles. The van der Waals surface area contributed by atoms with Gasteiger partial charge < -0.3 is 34.8 Å². The molecule has 0 aromatic carbocycles. The molecule has 3 fully saturated rings. The Kier molecular flexibility index (Phi) is 18.2. The lowest BCUT2D eigenvalue weighted by Crippen LogP contribution is -2.48. The zero-order valence-corrected chi connectivity index (χ0v) is 29.5. The number of aliphatic hydroxyl groups is 2. The first kappa shape index (κ1) is 45.9. The van der Waals surface area contributed by atoms with Gasteiger partial charge >= 0.3 is 11.9 Å². The summed E-state index contributed by atoms with van der Waals surface area (Å²) in [5, 5.41) is 28.7. The summed E-state index contributed by atoms with van der Waals surface area (Å²) in [6.07, 6.45) is 2.33. The number of carbonyl (C=O) groups is 6. The minimum Gasteiger partial charge on any atom is -0.481 e. The predicted molar refractivity (Wildman–Crippen MR) is 186 cm³/mol. The first-order chi connectivity index (χ1) is 21.7. The molecule has 0 radical (unpaired) electrons. The number of amides is 3. The number of aliphatic hydroxyl groups excluding tert-OH is 2. The van der Waals surface area contributed by atoms with Gasteiger partial charge in [0.05, 0.1) is 43.6 Å². The highest BCUT2D eigenvalue weighted by Gasteiger charge is 2.46. The van der Waals surface area contributed by atoms with Crippen LogP contribution >= 0.6 is 0 Å². The molecule has 49 heavy (non-hydrogen) atoms. The lowest BCUT2D eigenvalue weighted by atomic mass is 9.77. The monoisotopic (exact) mass is 699 g/mol. The Balaban J connectivity index is 0.000000923. The van der Waals surface area contributed by atoms with Crippen LogP contribution in [0.4, 0.5) is 0 Å². The fourth-order valence-corrected chi connectivity index (χ4v) is 6.56. The maximum atomic E-state index is 13.3. The number of hydrogen-bond donors (Lipinski definition) is 3. The number of nitrogens with zero attached hydrogens (tertiary/aromatic N) is 3. The molecule has 3 amide bonds. The largest absolute Gasteiger partial charge is 0.481 e. The molecule has 13 nitrogen and oxygen atoms in total. The van der Waals surface area contributed by atoms with Crippen LogP contribution in [0.3, 0.4) is 0 Å². The van der Waals surface area contributed by atoms with E-state index in [2.05, 4.69) is 4.74 Å². The number of ketones is 1. The third-order valence-electron chi connectivity index (χ3n) is 9.47. The summed E-state index contributed by atoms with van der Waals surface area (Å²) in [5.41, 5.74) is -0.959. The van der Waals surface area contributed by atoms with Gasteiger partial charge in [-0.15, -0.1) is 0 Å². The molecule has 0 aromatic rings. The van der Waals surface area contributed by atoms with Gasteiger partial charge in [0.1, 0.15) is 6.04 Å². The molecule has 3 rings (SSSR count). The lowest BCUT2D eigenvalue weighted by Gasteiger charge is -2.36. The van der Waals surface area contributed by atoms with E-state index in [1.807, 2.05) is 25.7 Å². The van der Waals surface area contributed by atoms with Crippen LogP contribution in [0.15, 0.2) is 0 Å². The lowest BCUT2D eigenvalue weighted by molar-refractivity contribution is -0.155. The molecule has 0 aliphatic carbocycles. The number of esters is 1. The van der Waals surface area contributed by atoms with Gasteiger partial charge in [-0.3, -0.25) is 24.0 Å². The summed E-state index contributed by atoms with van der Waals surface area (Å²) in [7, 11) is 1.22. The maximum Gasteiger partial charge on any atom is 0.328 e. The van der Waals surface area contributed by atoms with Gasteiger partial charge in [-0.05, 0) is 30.1 Å². The maximum absolute atomic E-state index is 13.3. The summed E-state index contributed by atoms with van der Waals surface area (Å²) in [4.78, 5) is 78.3. The molecular weight excluding hydrogens is 634 g/mol. The van der Waals surface area contributed by atoms with Crippen LogP contribution in [0.1, 0.15) is 115 Å². The number of rotatable bonds is 9. The second-order valence-electron chi connectivity index (χ2n) is 15.2. The molecule has 3 saturated heterocycles. The van der Waals surface area contributed by atoms with Crippen molar-refractivity contribution in [1.29, 1.82) is 0 Å². The SMILES string of the molecule is C.C.CCC(=O)[C@@H]1C[C@@H](O)CN1C(=O)[C@@H](CC(=O)N1CCCCC1)C(C)(C)C.COC(=O)[C@@H]1C[C@@H](O)CN1C(=O)[C@@H](CC(=O)O)C(C)(C)C. The number of ether oxygens (including phenoxy) is 1. The average Bonchev–Trinajstić information content (AvgIpc) is 3.59. The third kappa shape index (κ3) is 12.6. The Morgan fingerprint density at radius 3 is 1.57 bits per heavy atom. The molecule has 3 N–H and O–H groups in total. The molecule has 284 valence electrons. The minimum atomic E-state index is -1.07. The molecule has 0 saturated carbocycles. The van der Waals surface area contributed by atoms with Crippen LogP contribution in [0.5, 0.6) is 0 Å². The normalized spacial score (nSPS) is 23.6. The highest BCUT2D eigenvalue weighted by molar-refractivity contribution is 5.92. The first-order valence-corrected chi connectivity index (χ1v) is 16.8. The van der Waals surface area contributed by atoms with Gasteiger partial charge in [-0.2, -0.15) is 0 Å². The Bertz CT molecular complexity index is 1140. The Morgan fingerprint density at radius 1 is 0.735 bits per heavy atom. The van der Waals surface area contributed by atoms with E-state index >= 15 is 0 Å². The minimum absolute atomic E-state index is 0. The van der Waals surface area contributed by atoms with Crippen LogP contribution in [0.2, 0.25) is 0 Å². The van der Waals surface area contributed by atoms with Crippen molar-refractivity contribution in [2.75, 3.05) is 33.3 Å². The molecule has 3 aliphatic rings. The number of methoxy groups -OCH3 is 1. The zero-order chi connectivity index (χ0) is 35.9. The Hall–Kier alpha value is -3.06. The van der Waals surface area contributed by atoms with Gasteiger partial charge in [0.25, 0.3) is 0 Å². The standard InChI is InChI=1S/C20H34N2O4.C14H23NO6.2CH4/c1-5-17(24)16-11-14(23)13-22(16)19(26)15(20(2,3)4)12-18(25)21-9-7-6-8-10-21;1-14(2,3)9(6-11(17)18)12(19)15-7-8(16)5-10(15)13(20)21-4;;/h14-16,23H,5-13H2,1-4H3;8-10,16H,5-7H2,1-4H3,(H,17,18);2*1H4/t14-,15-,16+;8-,9-,10+;;/m11../s1. The van der Waals surface area contributed by atoms with Crippen molar-refractivity contribution in [3.8, 4) is 0 Å². The summed E-state index contributed by atoms with van der Waals surface area (Å²) < 4.78 is 4.65. The number of likely N-dealkylation sites (tertiary alicyclic amines) is 3. The molecule has 6 atom stereocenters. The van der Waals surface area contributed by atoms with E-state index in [4.69, 9.17) is 5.11 Å². The molecule has 3 heterocycles. The van der Waals surface area contributed by atoms with E-state index in [-0.39, 0.29) is 64.8 Å².